The van der Waals surface area contributed by atoms with Gasteiger partial charge in [0.05, 0.1) is 40.7 Å². The molecule has 0 spiro atoms. The molecule has 0 unspecified atom stereocenters. The fourth-order valence-corrected chi connectivity index (χ4v) is 8.27. The number of carbonyl (C=O) groups excluding carboxylic acids is 1. The van der Waals surface area contributed by atoms with E-state index in [9.17, 15) is 40.5 Å². The van der Waals surface area contributed by atoms with E-state index in [2.05, 4.69) is 0 Å². The fraction of sp³-hybridized carbons (Fsp3) is 0.889. The third-order valence-electron chi connectivity index (χ3n) is 10.7. The summed E-state index contributed by atoms with van der Waals surface area (Å²) in [6, 6.07) is 0. The van der Waals surface area contributed by atoms with Crippen molar-refractivity contribution in [3.63, 3.8) is 0 Å². The Morgan fingerprint density at radius 2 is 1.60 bits per heavy atom. The predicted octanol–water partition coefficient (Wildman–Crippen LogP) is 0.969. The molecule has 10 atom stereocenters. The zero-order valence-electron chi connectivity index (χ0n) is 21.7. The summed E-state index contributed by atoms with van der Waals surface area (Å²) in [7, 11) is 0. The van der Waals surface area contributed by atoms with Crippen molar-refractivity contribution in [1.29, 1.82) is 0 Å². The number of hydrogen-bond acceptors (Lipinski definition) is 8. The van der Waals surface area contributed by atoms with E-state index in [1.54, 1.807) is 27.7 Å². The van der Waals surface area contributed by atoms with Crippen LogP contribution >= 0.6 is 0 Å². The van der Waals surface area contributed by atoms with Crippen LogP contribution in [0, 0.1) is 22.7 Å². The van der Waals surface area contributed by atoms with Gasteiger partial charge in [0.15, 0.2) is 5.78 Å². The highest BCUT2D eigenvalue weighted by Gasteiger charge is 2.73. The minimum Gasteiger partial charge on any atom is -0.390 e. The SMILES string of the molecule is CC(C)(O)CC[C@@H](O)[C@](C)(O)[C@@H]1CC[C@@]2(O)C3=CC(=O)[C@@H]4C[C@@H](O)[C@@H](O)C[C@]4(C)[C@@]3(O)CC[C@]12C. The monoisotopic (exact) mass is 496 g/mol. The molecule has 0 radical (unpaired) electrons. The van der Waals surface area contributed by atoms with E-state index < -0.39 is 63.4 Å². The van der Waals surface area contributed by atoms with Crippen LogP contribution in [0.3, 0.4) is 0 Å². The van der Waals surface area contributed by atoms with Crippen molar-refractivity contribution in [3.05, 3.63) is 11.6 Å². The number of fused-ring (bicyclic) bond motifs is 5. The molecule has 3 saturated carbocycles. The molecule has 8 heteroatoms. The first-order valence-electron chi connectivity index (χ1n) is 13.0. The molecule has 35 heavy (non-hydrogen) atoms. The lowest BCUT2D eigenvalue weighted by molar-refractivity contribution is -0.216. The number of ketones is 1. The van der Waals surface area contributed by atoms with Gasteiger partial charge in [0.25, 0.3) is 0 Å². The minimum atomic E-state index is -1.57. The van der Waals surface area contributed by atoms with E-state index in [4.69, 9.17) is 0 Å². The van der Waals surface area contributed by atoms with E-state index in [0.717, 1.165) is 0 Å². The molecule has 4 aliphatic carbocycles. The van der Waals surface area contributed by atoms with Crippen LogP contribution < -0.4 is 0 Å². The Morgan fingerprint density at radius 1 is 1.00 bits per heavy atom. The van der Waals surface area contributed by atoms with E-state index in [1.165, 1.54) is 6.08 Å². The zero-order valence-corrected chi connectivity index (χ0v) is 21.7. The topological polar surface area (TPSA) is 159 Å². The van der Waals surface area contributed by atoms with Gasteiger partial charge in [0, 0.05) is 16.7 Å². The molecule has 0 heterocycles. The molecular formula is C27H44O8. The van der Waals surface area contributed by atoms with Crippen molar-refractivity contribution in [2.75, 3.05) is 0 Å². The van der Waals surface area contributed by atoms with Crippen molar-refractivity contribution >= 4 is 5.78 Å². The van der Waals surface area contributed by atoms with Crippen LogP contribution in [0.25, 0.3) is 0 Å². The van der Waals surface area contributed by atoms with Crippen LogP contribution in [-0.4, -0.2) is 82.2 Å². The molecular weight excluding hydrogens is 452 g/mol. The molecule has 200 valence electrons. The van der Waals surface area contributed by atoms with Crippen LogP contribution in [0.2, 0.25) is 0 Å². The predicted molar refractivity (Wildman–Crippen MR) is 128 cm³/mol. The Labute approximate surface area is 207 Å². The van der Waals surface area contributed by atoms with Gasteiger partial charge in [-0.25, -0.2) is 0 Å². The normalized spacial score (nSPS) is 48.3. The minimum absolute atomic E-state index is 0.0437. The van der Waals surface area contributed by atoms with E-state index >= 15 is 0 Å². The first kappa shape index (κ1) is 27.2. The highest BCUT2D eigenvalue weighted by atomic mass is 16.3. The molecule has 4 rings (SSSR count). The van der Waals surface area contributed by atoms with Crippen molar-refractivity contribution in [2.24, 2.45) is 22.7 Å². The van der Waals surface area contributed by atoms with Gasteiger partial charge in [0.1, 0.15) is 0 Å². The molecule has 4 aliphatic rings. The van der Waals surface area contributed by atoms with Crippen molar-refractivity contribution in [2.45, 2.75) is 127 Å². The van der Waals surface area contributed by atoms with Crippen LogP contribution in [0.15, 0.2) is 11.6 Å². The first-order valence-corrected chi connectivity index (χ1v) is 13.0. The molecule has 7 N–H and O–H groups in total. The van der Waals surface area contributed by atoms with E-state index in [-0.39, 0.29) is 43.5 Å². The maximum atomic E-state index is 13.3. The molecule has 0 amide bonds. The Bertz CT molecular complexity index is 907. The number of aliphatic hydroxyl groups excluding tert-OH is 3. The van der Waals surface area contributed by atoms with Gasteiger partial charge in [-0.05, 0) is 89.7 Å². The van der Waals surface area contributed by atoms with Gasteiger partial charge in [-0.3, -0.25) is 4.79 Å². The molecule has 3 fully saturated rings. The molecule has 0 aliphatic heterocycles. The van der Waals surface area contributed by atoms with Gasteiger partial charge < -0.3 is 35.7 Å². The summed E-state index contributed by atoms with van der Waals surface area (Å²) in [5.74, 6) is -1.44. The molecule has 0 bridgehead atoms. The fourth-order valence-electron chi connectivity index (χ4n) is 8.27. The molecule has 0 aromatic heterocycles. The third kappa shape index (κ3) is 3.70. The first-order chi connectivity index (χ1) is 15.8. The Hall–Kier alpha value is -0.870. The van der Waals surface area contributed by atoms with Crippen LogP contribution in [0.5, 0.6) is 0 Å². The second kappa shape index (κ2) is 8.06. The van der Waals surface area contributed by atoms with Crippen LogP contribution in [0.4, 0.5) is 0 Å². The molecule has 0 saturated heterocycles. The van der Waals surface area contributed by atoms with Crippen LogP contribution in [-0.2, 0) is 4.79 Å². The maximum absolute atomic E-state index is 13.3. The maximum Gasteiger partial charge on any atom is 0.159 e. The highest BCUT2D eigenvalue weighted by Crippen LogP contribution is 2.69. The van der Waals surface area contributed by atoms with Gasteiger partial charge in [0.2, 0.25) is 0 Å². The standard InChI is InChI=1S/C27H44O8/c1-22(2,32)8-7-21(31)25(5,33)19-6-9-26(34)20-13-16(28)15-12-17(29)18(30)14-24(15,4)27(20,35)11-10-23(19,26)3/h13,15,17-19,21,29-35H,6-12,14H2,1-5H3/t15-,17+,18-,19+,21+,23+,24-,25+,26+,27+/m0/s1. The van der Waals surface area contributed by atoms with Crippen molar-refractivity contribution < 1.29 is 40.5 Å². The second-order valence-electron chi connectivity index (χ2n) is 13.3. The van der Waals surface area contributed by atoms with Gasteiger partial charge in [-0.1, -0.05) is 13.8 Å². The summed E-state index contributed by atoms with van der Waals surface area (Å²) >= 11 is 0. The van der Waals surface area contributed by atoms with Crippen LogP contribution in [0.1, 0.15) is 86.0 Å². The molecule has 8 nitrogen and oxygen atoms in total. The van der Waals surface area contributed by atoms with Crippen molar-refractivity contribution in [1.82, 2.24) is 0 Å². The largest absolute Gasteiger partial charge is 0.390 e. The summed E-state index contributed by atoms with van der Waals surface area (Å²) in [5.41, 5.74) is -7.38. The van der Waals surface area contributed by atoms with E-state index in [1.807, 2.05) is 6.92 Å². The summed E-state index contributed by atoms with van der Waals surface area (Å²) in [6.07, 6.45) is -0.101. The lowest BCUT2D eigenvalue weighted by atomic mass is 9.43. The zero-order chi connectivity index (χ0) is 26.4. The Balaban J connectivity index is 1.71. The van der Waals surface area contributed by atoms with Gasteiger partial charge in [-0.2, -0.15) is 0 Å². The van der Waals surface area contributed by atoms with Gasteiger partial charge >= 0.3 is 0 Å². The van der Waals surface area contributed by atoms with Crippen molar-refractivity contribution in [3.8, 4) is 0 Å². The Kier molecular flexibility index (Phi) is 6.26. The summed E-state index contributed by atoms with van der Waals surface area (Å²) in [5, 5.41) is 77.6. The number of carbonyl (C=O) groups is 1. The smallest absolute Gasteiger partial charge is 0.159 e. The number of allylic oxidation sites excluding steroid dienone is 1. The summed E-state index contributed by atoms with van der Waals surface area (Å²) < 4.78 is 0. The third-order valence-corrected chi connectivity index (χ3v) is 10.7. The highest BCUT2D eigenvalue weighted by molar-refractivity contribution is 5.95. The number of aliphatic hydroxyl groups is 7. The second-order valence-corrected chi connectivity index (χ2v) is 13.3. The summed E-state index contributed by atoms with van der Waals surface area (Å²) in [6.45, 7) is 8.50. The van der Waals surface area contributed by atoms with E-state index in [0.29, 0.717) is 19.3 Å². The number of hydrogen-bond donors (Lipinski definition) is 7. The molecule has 0 aromatic carbocycles. The average Bonchev–Trinajstić information content (AvgIpc) is 3.02. The summed E-state index contributed by atoms with van der Waals surface area (Å²) in [4.78, 5) is 13.3. The number of rotatable bonds is 5. The lowest BCUT2D eigenvalue weighted by Crippen LogP contribution is -2.70. The van der Waals surface area contributed by atoms with Gasteiger partial charge in [-0.15, -0.1) is 0 Å². The lowest BCUT2D eigenvalue weighted by Gasteiger charge is -2.64. The molecule has 0 aromatic rings. The Morgan fingerprint density at radius 3 is 2.20 bits per heavy atom. The average molecular weight is 497 g/mol. The quantitative estimate of drug-likeness (QED) is 0.297.